The van der Waals surface area contributed by atoms with E-state index in [0.29, 0.717) is 0 Å². The van der Waals surface area contributed by atoms with Gasteiger partial charge in [-0.05, 0) is 29.1 Å². The standard InChI is InChI=1S/C15H18FN3O2S/c1-15(2,3)13(17-14(20)11-9-22-19-18-11)8-21-12-7-5-4-6-10(12)16/h4-7,9,13H,8H2,1-3H3,(H,17,20). The van der Waals surface area contributed by atoms with Crippen LogP contribution in [0.25, 0.3) is 0 Å². The van der Waals surface area contributed by atoms with Crippen LogP contribution in [0.15, 0.2) is 29.6 Å². The number of carbonyl (C=O) groups excluding carboxylic acids is 1. The summed E-state index contributed by atoms with van der Waals surface area (Å²) in [5, 5.41) is 8.18. The van der Waals surface area contributed by atoms with Crippen LogP contribution >= 0.6 is 11.5 Å². The van der Waals surface area contributed by atoms with E-state index in [1.807, 2.05) is 20.8 Å². The third kappa shape index (κ3) is 4.24. The van der Waals surface area contributed by atoms with E-state index in [-0.39, 0.29) is 35.4 Å². The summed E-state index contributed by atoms with van der Waals surface area (Å²) in [6, 6.07) is 5.88. The molecule has 5 nitrogen and oxygen atoms in total. The molecule has 7 heteroatoms. The van der Waals surface area contributed by atoms with E-state index in [4.69, 9.17) is 4.74 Å². The monoisotopic (exact) mass is 323 g/mol. The number of nitrogens with zero attached hydrogens (tertiary/aromatic N) is 2. The van der Waals surface area contributed by atoms with Crippen LogP contribution in [0.1, 0.15) is 31.3 Å². The van der Waals surface area contributed by atoms with Gasteiger partial charge in [-0.25, -0.2) is 4.39 Å². The summed E-state index contributed by atoms with van der Waals surface area (Å²) in [6.07, 6.45) is 0. The lowest BCUT2D eigenvalue weighted by Gasteiger charge is -2.31. The van der Waals surface area contributed by atoms with Crippen LogP contribution in [0.3, 0.4) is 0 Å². The van der Waals surface area contributed by atoms with Gasteiger partial charge < -0.3 is 10.1 Å². The molecule has 0 bridgehead atoms. The van der Waals surface area contributed by atoms with Crippen molar-refractivity contribution in [1.29, 1.82) is 0 Å². The summed E-state index contributed by atoms with van der Waals surface area (Å²) >= 11 is 1.11. The zero-order chi connectivity index (χ0) is 16.2. The molecule has 2 rings (SSSR count). The van der Waals surface area contributed by atoms with Crippen molar-refractivity contribution in [1.82, 2.24) is 14.9 Å². The largest absolute Gasteiger partial charge is 0.488 e. The Bertz CT molecular complexity index is 626. The lowest BCUT2D eigenvalue weighted by Crippen LogP contribution is -2.47. The Morgan fingerprint density at radius 1 is 1.41 bits per heavy atom. The highest BCUT2D eigenvalue weighted by atomic mass is 32.1. The van der Waals surface area contributed by atoms with Crippen LogP contribution in [-0.2, 0) is 0 Å². The zero-order valence-electron chi connectivity index (χ0n) is 12.7. The Kier molecular flexibility index (Phi) is 5.07. The molecule has 0 fully saturated rings. The maximum absolute atomic E-state index is 13.6. The number of hydrogen-bond donors (Lipinski definition) is 1. The number of carbonyl (C=O) groups is 1. The minimum absolute atomic E-state index is 0.160. The Morgan fingerprint density at radius 2 is 2.14 bits per heavy atom. The summed E-state index contributed by atoms with van der Waals surface area (Å²) in [4.78, 5) is 12.1. The first kappa shape index (κ1) is 16.4. The lowest BCUT2D eigenvalue weighted by molar-refractivity contribution is 0.0855. The quantitative estimate of drug-likeness (QED) is 0.919. The van der Waals surface area contributed by atoms with Crippen molar-refractivity contribution in [2.45, 2.75) is 26.8 Å². The van der Waals surface area contributed by atoms with Crippen LogP contribution in [0.2, 0.25) is 0 Å². The summed E-state index contributed by atoms with van der Waals surface area (Å²) < 4.78 is 22.8. The van der Waals surface area contributed by atoms with Crippen LogP contribution in [-0.4, -0.2) is 28.1 Å². The zero-order valence-corrected chi connectivity index (χ0v) is 13.5. The highest BCUT2D eigenvalue weighted by molar-refractivity contribution is 7.03. The highest BCUT2D eigenvalue weighted by Crippen LogP contribution is 2.22. The van der Waals surface area contributed by atoms with Crippen molar-refractivity contribution in [3.8, 4) is 5.75 Å². The summed E-state index contributed by atoms with van der Waals surface area (Å²) in [5.74, 6) is -0.572. The molecule has 1 aromatic heterocycles. The van der Waals surface area contributed by atoms with E-state index in [9.17, 15) is 9.18 Å². The SMILES string of the molecule is CC(C)(C)C(COc1ccccc1F)NC(=O)c1csnn1. The van der Waals surface area contributed by atoms with E-state index in [2.05, 4.69) is 14.9 Å². The fourth-order valence-corrected chi connectivity index (χ4v) is 2.18. The molecule has 1 atom stereocenters. The molecule has 0 spiro atoms. The number of para-hydroxylation sites is 1. The number of aromatic nitrogens is 2. The normalized spacial score (nSPS) is 12.7. The van der Waals surface area contributed by atoms with Gasteiger partial charge in [0.25, 0.3) is 5.91 Å². The van der Waals surface area contributed by atoms with E-state index in [1.54, 1.807) is 23.6 Å². The van der Waals surface area contributed by atoms with Gasteiger partial charge in [0.05, 0.1) is 6.04 Å². The number of amides is 1. The molecule has 118 valence electrons. The predicted octanol–water partition coefficient (Wildman–Crippen LogP) is 2.90. The molecular weight excluding hydrogens is 305 g/mol. The Balaban J connectivity index is 2.04. The number of hydrogen-bond acceptors (Lipinski definition) is 5. The molecule has 0 aliphatic heterocycles. The molecule has 22 heavy (non-hydrogen) atoms. The fraction of sp³-hybridized carbons (Fsp3) is 0.400. The average Bonchev–Trinajstić information content (AvgIpc) is 2.97. The maximum Gasteiger partial charge on any atom is 0.273 e. The minimum Gasteiger partial charge on any atom is -0.488 e. The van der Waals surface area contributed by atoms with E-state index in [0.717, 1.165) is 11.5 Å². The van der Waals surface area contributed by atoms with Crippen molar-refractivity contribution in [3.05, 3.63) is 41.2 Å². The molecule has 1 N–H and O–H groups in total. The Morgan fingerprint density at radius 3 is 2.73 bits per heavy atom. The molecule has 0 saturated carbocycles. The van der Waals surface area contributed by atoms with Gasteiger partial charge in [-0.1, -0.05) is 37.4 Å². The molecule has 0 aliphatic rings. The smallest absolute Gasteiger partial charge is 0.273 e. The Hall–Kier alpha value is -2.02. The summed E-state index contributed by atoms with van der Waals surface area (Å²) in [6.45, 7) is 6.08. The second-order valence-electron chi connectivity index (χ2n) is 5.92. The molecule has 1 heterocycles. The first-order chi connectivity index (χ1) is 10.4. The number of ether oxygens (including phenoxy) is 1. The van der Waals surface area contributed by atoms with Crippen molar-refractivity contribution < 1.29 is 13.9 Å². The van der Waals surface area contributed by atoms with Crippen molar-refractivity contribution in [2.24, 2.45) is 5.41 Å². The molecule has 1 amide bonds. The van der Waals surface area contributed by atoms with Crippen LogP contribution < -0.4 is 10.1 Å². The molecule has 0 saturated heterocycles. The number of rotatable bonds is 5. The number of benzene rings is 1. The fourth-order valence-electron chi connectivity index (χ4n) is 1.74. The molecule has 0 radical (unpaired) electrons. The second-order valence-corrected chi connectivity index (χ2v) is 6.53. The summed E-state index contributed by atoms with van der Waals surface area (Å²) in [7, 11) is 0. The molecule has 2 aromatic rings. The van der Waals surface area contributed by atoms with Crippen molar-refractivity contribution >= 4 is 17.4 Å². The number of nitrogens with one attached hydrogen (secondary N) is 1. The van der Waals surface area contributed by atoms with Crippen LogP contribution in [0.5, 0.6) is 5.75 Å². The van der Waals surface area contributed by atoms with Gasteiger partial charge in [0, 0.05) is 5.38 Å². The van der Waals surface area contributed by atoms with Gasteiger partial charge >= 0.3 is 0 Å². The van der Waals surface area contributed by atoms with Gasteiger partial charge in [-0.3, -0.25) is 4.79 Å². The third-order valence-electron chi connectivity index (χ3n) is 3.19. The van der Waals surface area contributed by atoms with Gasteiger partial charge in [-0.15, -0.1) is 5.10 Å². The van der Waals surface area contributed by atoms with Gasteiger partial charge in [0.2, 0.25) is 0 Å². The van der Waals surface area contributed by atoms with E-state index < -0.39 is 5.82 Å². The number of halogens is 1. The van der Waals surface area contributed by atoms with Crippen molar-refractivity contribution in [3.63, 3.8) is 0 Å². The minimum atomic E-state index is -0.426. The first-order valence-corrected chi connectivity index (χ1v) is 7.67. The molecule has 1 aromatic carbocycles. The van der Waals surface area contributed by atoms with Crippen LogP contribution in [0.4, 0.5) is 4.39 Å². The summed E-state index contributed by atoms with van der Waals surface area (Å²) in [5.41, 5.74) is 0.00909. The first-order valence-electron chi connectivity index (χ1n) is 6.83. The van der Waals surface area contributed by atoms with Gasteiger partial charge in [0.15, 0.2) is 17.3 Å². The molecular formula is C15H18FN3O2S. The van der Waals surface area contributed by atoms with Crippen molar-refractivity contribution in [2.75, 3.05) is 6.61 Å². The second kappa shape index (κ2) is 6.83. The molecule has 1 unspecified atom stereocenters. The van der Waals surface area contributed by atoms with Gasteiger partial charge in [0.1, 0.15) is 6.61 Å². The third-order valence-corrected chi connectivity index (χ3v) is 3.69. The topological polar surface area (TPSA) is 64.1 Å². The average molecular weight is 323 g/mol. The Labute approximate surface area is 132 Å². The predicted molar refractivity (Wildman–Crippen MR) is 82.5 cm³/mol. The van der Waals surface area contributed by atoms with E-state index in [1.165, 1.54) is 6.07 Å². The highest BCUT2D eigenvalue weighted by Gasteiger charge is 2.28. The lowest BCUT2D eigenvalue weighted by atomic mass is 9.87. The van der Waals surface area contributed by atoms with E-state index >= 15 is 0 Å². The van der Waals surface area contributed by atoms with Crippen LogP contribution in [0, 0.1) is 11.2 Å². The van der Waals surface area contributed by atoms with Gasteiger partial charge in [-0.2, -0.15) is 0 Å². The maximum atomic E-state index is 13.6. The molecule has 0 aliphatic carbocycles.